The monoisotopic (exact) mass is 185 g/mol. The molecule has 13 heavy (non-hydrogen) atoms. The van der Waals surface area contributed by atoms with Crippen molar-refractivity contribution < 1.29 is 14.3 Å². The molecule has 0 unspecified atom stereocenters. The molecule has 0 aromatic carbocycles. The minimum atomic E-state index is -0.236. The maximum atomic E-state index is 11.2. The minimum absolute atomic E-state index is 0.00546. The summed E-state index contributed by atoms with van der Waals surface area (Å²) >= 11 is 0. The van der Waals surface area contributed by atoms with Crippen LogP contribution in [0.1, 0.15) is 19.8 Å². The topological polar surface area (TPSA) is 55.4 Å². The van der Waals surface area contributed by atoms with Crippen molar-refractivity contribution in [1.29, 1.82) is 0 Å². The van der Waals surface area contributed by atoms with Gasteiger partial charge in [-0.25, -0.2) is 0 Å². The molecule has 0 aliphatic carbocycles. The molecule has 1 N–H and O–H groups in total. The Bertz CT molecular complexity index is 215. The van der Waals surface area contributed by atoms with Crippen molar-refractivity contribution in [3.8, 4) is 0 Å². The number of ether oxygens (including phenoxy) is 1. The van der Waals surface area contributed by atoms with Gasteiger partial charge in [0.1, 0.15) is 0 Å². The first-order chi connectivity index (χ1) is 6.15. The molecule has 0 saturated carbocycles. The molecule has 1 amide bonds. The van der Waals surface area contributed by atoms with Crippen molar-refractivity contribution in [2.45, 2.75) is 19.8 Å². The molecule has 0 bridgehead atoms. The standard InChI is InChI=1S/C9H15NO3/c1-6(9(12)13-2)5-7-3-4-10-8(7)11/h6-7H,3-5H2,1-2H3,(H,10,11)/t6-,7-/m0/s1. The van der Waals surface area contributed by atoms with Gasteiger partial charge in [-0.1, -0.05) is 6.92 Å². The van der Waals surface area contributed by atoms with Crippen LogP contribution in [0.15, 0.2) is 0 Å². The molecule has 1 saturated heterocycles. The fourth-order valence-corrected chi connectivity index (χ4v) is 1.59. The van der Waals surface area contributed by atoms with Crippen molar-refractivity contribution >= 4 is 11.9 Å². The van der Waals surface area contributed by atoms with Gasteiger partial charge in [-0.3, -0.25) is 9.59 Å². The van der Waals surface area contributed by atoms with E-state index in [0.29, 0.717) is 6.42 Å². The average Bonchev–Trinajstić information content (AvgIpc) is 2.50. The van der Waals surface area contributed by atoms with E-state index >= 15 is 0 Å². The fraction of sp³-hybridized carbons (Fsp3) is 0.778. The Balaban J connectivity index is 2.39. The number of carbonyl (C=O) groups excluding carboxylic acids is 2. The van der Waals surface area contributed by atoms with Gasteiger partial charge in [0.05, 0.1) is 13.0 Å². The number of hydrogen-bond donors (Lipinski definition) is 1. The number of hydrogen-bond acceptors (Lipinski definition) is 3. The smallest absolute Gasteiger partial charge is 0.308 e. The first-order valence-corrected chi connectivity index (χ1v) is 4.50. The van der Waals surface area contributed by atoms with Crippen LogP contribution < -0.4 is 5.32 Å². The lowest BCUT2D eigenvalue weighted by molar-refractivity contribution is -0.145. The molecule has 1 heterocycles. The number of amides is 1. The number of methoxy groups -OCH3 is 1. The molecule has 0 radical (unpaired) electrons. The molecular formula is C9H15NO3. The van der Waals surface area contributed by atoms with E-state index in [0.717, 1.165) is 13.0 Å². The Morgan fingerprint density at radius 3 is 2.92 bits per heavy atom. The van der Waals surface area contributed by atoms with Gasteiger partial charge in [-0.15, -0.1) is 0 Å². The maximum absolute atomic E-state index is 11.2. The van der Waals surface area contributed by atoms with Gasteiger partial charge in [0, 0.05) is 12.5 Å². The van der Waals surface area contributed by atoms with Gasteiger partial charge in [0.15, 0.2) is 0 Å². The molecule has 1 aliphatic heterocycles. The molecule has 4 heteroatoms. The van der Waals surface area contributed by atoms with Crippen LogP contribution in [0.4, 0.5) is 0 Å². The second-order valence-electron chi connectivity index (χ2n) is 3.44. The minimum Gasteiger partial charge on any atom is -0.469 e. The number of carbonyl (C=O) groups is 2. The Morgan fingerprint density at radius 1 is 1.77 bits per heavy atom. The number of esters is 1. The molecule has 4 nitrogen and oxygen atoms in total. The summed E-state index contributed by atoms with van der Waals surface area (Å²) in [7, 11) is 1.37. The van der Waals surface area contributed by atoms with Gasteiger partial charge in [-0.2, -0.15) is 0 Å². The lowest BCUT2D eigenvalue weighted by Crippen LogP contribution is -2.23. The number of rotatable bonds is 3. The number of nitrogens with one attached hydrogen (secondary N) is 1. The summed E-state index contributed by atoms with van der Waals surface area (Å²) in [6.07, 6.45) is 1.43. The summed E-state index contributed by atoms with van der Waals surface area (Å²) in [5.41, 5.74) is 0. The van der Waals surface area contributed by atoms with Crippen LogP contribution in [-0.2, 0) is 14.3 Å². The molecule has 1 aliphatic rings. The van der Waals surface area contributed by atoms with Crippen LogP contribution in [-0.4, -0.2) is 25.5 Å². The molecule has 0 aromatic heterocycles. The fourth-order valence-electron chi connectivity index (χ4n) is 1.59. The van der Waals surface area contributed by atoms with E-state index < -0.39 is 0 Å². The summed E-state index contributed by atoms with van der Waals surface area (Å²) < 4.78 is 4.59. The van der Waals surface area contributed by atoms with Crippen molar-refractivity contribution in [3.63, 3.8) is 0 Å². The Hall–Kier alpha value is -1.06. The van der Waals surface area contributed by atoms with E-state index in [4.69, 9.17) is 0 Å². The normalized spacial score (nSPS) is 23.8. The van der Waals surface area contributed by atoms with Crippen LogP contribution in [0, 0.1) is 11.8 Å². The molecule has 0 spiro atoms. The molecule has 1 fully saturated rings. The molecule has 0 aromatic rings. The maximum Gasteiger partial charge on any atom is 0.308 e. The van der Waals surface area contributed by atoms with Crippen molar-refractivity contribution in [2.75, 3.05) is 13.7 Å². The highest BCUT2D eigenvalue weighted by Gasteiger charge is 2.28. The lowest BCUT2D eigenvalue weighted by atomic mass is 9.95. The highest BCUT2D eigenvalue weighted by Crippen LogP contribution is 2.19. The van der Waals surface area contributed by atoms with Crippen molar-refractivity contribution in [2.24, 2.45) is 11.8 Å². The third-order valence-electron chi connectivity index (χ3n) is 2.40. The first-order valence-electron chi connectivity index (χ1n) is 4.50. The van der Waals surface area contributed by atoms with Gasteiger partial charge in [-0.05, 0) is 12.8 Å². The molecule has 74 valence electrons. The summed E-state index contributed by atoms with van der Waals surface area (Å²) in [4.78, 5) is 22.2. The predicted octanol–water partition coefficient (Wildman–Crippen LogP) is 0.322. The van der Waals surface area contributed by atoms with Crippen LogP contribution in [0.3, 0.4) is 0 Å². The molecule has 1 rings (SSSR count). The van der Waals surface area contributed by atoms with E-state index in [1.807, 2.05) is 0 Å². The highest BCUT2D eigenvalue weighted by molar-refractivity contribution is 5.81. The Kier molecular flexibility index (Phi) is 3.28. The summed E-state index contributed by atoms with van der Waals surface area (Å²) in [5.74, 6) is -0.358. The molecule has 2 atom stereocenters. The van der Waals surface area contributed by atoms with Crippen molar-refractivity contribution in [3.05, 3.63) is 0 Å². The van der Waals surface area contributed by atoms with Gasteiger partial charge < -0.3 is 10.1 Å². The lowest BCUT2D eigenvalue weighted by Gasteiger charge is -2.11. The second kappa shape index (κ2) is 4.25. The second-order valence-corrected chi connectivity index (χ2v) is 3.44. The Morgan fingerprint density at radius 2 is 2.46 bits per heavy atom. The largest absolute Gasteiger partial charge is 0.469 e. The van der Waals surface area contributed by atoms with Crippen LogP contribution in [0.5, 0.6) is 0 Å². The Labute approximate surface area is 77.6 Å². The first kappa shape index (κ1) is 10.0. The van der Waals surface area contributed by atoms with E-state index in [9.17, 15) is 9.59 Å². The summed E-state index contributed by atoms with van der Waals surface area (Å²) in [6, 6.07) is 0. The van der Waals surface area contributed by atoms with Gasteiger partial charge >= 0.3 is 5.97 Å². The zero-order chi connectivity index (χ0) is 9.84. The van der Waals surface area contributed by atoms with E-state index in [1.54, 1.807) is 6.92 Å². The third-order valence-corrected chi connectivity index (χ3v) is 2.40. The highest BCUT2D eigenvalue weighted by atomic mass is 16.5. The molecular weight excluding hydrogens is 170 g/mol. The average molecular weight is 185 g/mol. The summed E-state index contributed by atoms with van der Waals surface area (Å²) in [6.45, 7) is 2.52. The van der Waals surface area contributed by atoms with E-state index in [2.05, 4.69) is 10.1 Å². The zero-order valence-electron chi connectivity index (χ0n) is 8.00. The summed E-state index contributed by atoms with van der Waals surface area (Å²) in [5, 5.41) is 2.74. The van der Waals surface area contributed by atoms with E-state index in [-0.39, 0.29) is 23.7 Å². The van der Waals surface area contributed by atoms with E-state index in [1.165, 1.54) is 7.11 Å². The quantitative estimate of drug-likeness (QED) is 0.644. The van der Waals surface area contributed by atoms with Crippen LogP contribution in [0.25, 0.3) is 0 Å². The van der Waals surface area contributed by atoms with Crippen LogP contribution >= 0.6 is 0 Å². The van der Waals surface area contributed by atoms with Crippen molar-refractivity contribution in [1.82, 2.24) is 5.32 Å². The van der Waals surface area contributed by atoms with Gasteiger partial charge in [0.2, 0.25) is 5.91 Å². The van der Waals surface area contributed by atoms with Gasteiger partial charge in [0.25, 0.3) is 0 Å². The third kappa shape index (κ3) is 2.44. The predicted molar refractivity (Wildman–Crippen MR) is 46.9 cm³/mol. The zero-order valence-corrected chi connectivity index (χ0v) is 8.00. The van der Waals surface area contributed by atoms with Crippen LogP contribution in [0.2, 0.25) is 0 Å². The SMILES string of the molecule is COC(=O)[C@@H](C)C[C@@H]1CCNC1=O.